The van der Waals surface area contributed by atoms with E-state index in [0.717, 1.165) is 48.3 Å². The summed E-state index contributed by atoms with van der Waals surface area (Å²) in [5.74, 6) is 5.19. The van der Waals surface area contributed by atoms with Crippen LogP contribution in [-0.2, 0) is 9.53 Å². The van der Waals surface area contributed by atoms with E-state index in [2.05, 4.69) is 40.7 Å². The summed E-state index contributed by atoms with van der Waals surface area (Å²) in [7, 11) is 0. The maximum absolute atomic E-state index is 11.5. The normalized spacial score (nSPS) is 42.9. The van der Waals surface area contributed by atoms with E-state index in [1.54, 1.807) is 12.5 Å². The number of carbonyl (C=O) groups excluding carboxylic acids is 1. The van der Waals surface area contributed by atoms with Gasteiger partial charge in [0, 0.05) is 13.3 Å². The van der Waals surface area contributed by atoms with E-state index < -0.39 is 0 Å². The van der Waals surface area contributed by atoms with E-state index in [1.807, 2.05) is 0 Å². The number of carbonyl (C=O) groups is 1. The molecule has 0 bridgehead atoms. The van der Waals surface area contributed by atoms with Crippen molar-refractivity contribution in [1.82, 2.24) is 0 Å². The second-order valence-electron chi connectivity index (χ2n) is 12.8. The fourth-order valence-electron chi connectivity index (χ4n) is 8.99. The SMILES string of the molecule is CC(=O)OC1CCC2(C)C(=CCC3[C@@H]2CCC2(C)[C@@H]([C@H](C)CCCC(C)C)CC[C@@H]32)C1. The van der Waals surface area contributed by atoms with Gasteiger partial charge >= 0.3 is 5.97 Å². The molecule has 31 heavy (non-hydrogen) atoms. The van der Waals surface area contributed by atoms with Gasteiger partial charge in [-0.3, -0.25) is 4.79 Å². The minimum atomic E-state index is -0.115. The third-order valence-corrected chi connectivity index (χ3v) is 10.6. The van der Waals surface area contributed by atoms with Gasteiger partial charge in [-0.15, -0.1) is 0 Å². The van der Waals surface area contributed by atoms with E-state index in [-0.39, 0.29) is 12.1 Å². The molecule has 0 aromatic heterocycles. The molecule has 2 nitrogen and oxygen atoms in total. The summed E-state index contributed by atoms with van der Waals surface area (Å²) < 4.78 is 5.61. The highest BCUT2D eigenvalue weighted by Gasteiger charge is 2.59. The molecule has 4 unspecified atom stereocenters. The molecule has 8 atom stereocenters. The molecule has 3 saturated carbocycles. The molecule has 0 radical (unpaired) electrons. The number of allylic oxidation sites excluding steroid dienone is 1. The summed E-state index contributed by atoms with van der Waals surface area (Å²) in [6.07, 6.45) is 17.2. The number of hydrogen-bond donors (Lipinski definition) is 0. The van der Waals surface area contributed by atoms with E-state index in [1.165, 1.54) is 57.8 Å². The van der Waals surface area contributed by atoms with Crippen molar-refractivity contribution >= 4 is 5.97 Å². The molecule has 4 rings (SSSR count). The van der Waals surface area contributed by atoms with Crippen LogP contribution < -0.4 is 0 Å². The van der Waals surface area contributed by atoms with Crippen LogP contribution in [0.5, 0.6) is 0 Å². The predicted octanol–water partition coefficient (Wildman–Crippen LogP) is 7.96. The zero-order chi connectivity index (χ0) is 22.4. The Morgan fingerprint density at radius 2 is 1.84 bits per heavy atom. The molecule has 0 amide bonds. The summed E-state index contributed by atoms with van der Waals surface area (Å²) in [4.78, 5) is 11.5. The molecule has 0 aliphatic heterocycles. The average molecular weight is 429 g/mol. The van der Waals surface area contributed by atoms with Gasteiger partial charge < -0.3 is 4.74 Å². The van der Waals surface area contributed by atoms with Crippen LogP contribution in [0.4, 0.5) is 0 Å². The minimum absolute atomic E-state index is 0.115. The van der Waals surface area contributed by atoms with Crippen LogP contribution in [-0.4, -0.2) is 12.1 Å². The third kappa shape index (κ3) is 4.26. The van der Waals surface area contributed by atoms with Crippen LogP contribution in [0, 0.1) is 46.3 Å². The smallest absolute Gasteiger partial charge is 0.302 e. The van der Waals surface area contributed by atoms with E-state index >= 15 is 0 Å². The topological polar surface area (TPSA) is 26.3 Å². The van der Waals surface area contributed by atoms with Crippen LogP contribution in [0.2, 0.25) is 0 Å². The van der Waals surface area contributed by atoms with Crippen molar-refractivity contribution in [1.29, 1.82) is 0 Å². The first-order valence-electron chi connectivity index (χ1n) is 13.5. The Kier molecular flexibility index (Phi) is 6.68. The van der Waals surface area contributed by atoms with Gasteiger partial charge in [0.05, 0.1) is 0 Å². The number of hydrogen-bond acceptors (Lipinski definition) is 2. The van der Waals surface area contributed by atoms with Gasteiger partial charge in [-0.2, -0.15) is 0 Å². The Morgan fingerprint density at radius 3 is 2.55 bits per heavy atom. The standard InChI is InChI=1S/C29H48O2/c1-19(2)8-7-9-20(3)25-12-13-26-24-11-10-22-18-23(31-21(4)30)14-16-28(22,5)27(24)15-17-29(25,26)6/h10,19-20,23-27H,7-9,11-18H2,1-6H3/t20-,23?,24?,25-,26+,27+,28?,29?/m1/s1. The Bertz CT molecular complexity index is 693. The maximum Gasteiger partial charge on any atom is 0.302 e. The van der Waals surface area contributed by atoms with Crippen LogP contribution in [0.3, 0.4) is 0 Å². The lowest BCUT2D eigenvalue weighted by Crippen LogP contribution is -2.51. The third-order valence-electron chi connectivity index (χ3n) is 10.6. The van der Waals surface area contributed by atoms with E-state index in [9.17, 15) is 4.79 Å². The van der Waals surface area contributed by atoms with E-state index in [0.29, 0.717) is 10.8 Å². The van der Waals surface area contributed by atoms with Crippen LogP contribution in [0.15, 0.2) is 11.6 Å². The number of fused-ring (bicyclic) bond motifs is 5. The second-order valence-corrected chi connectivity index (χ2v) is 12.8. The molecule has 4 aliphatic carbocycles. The first-order valence-corrected chi connectivity index (χ1v) is 13.5. The van der Waals surface area contributed by atoms with Gasteiger partial charge in [0.15, 0.2) is 0 Å². The van der Waals surface area contributed by atoms with Crippen molar-refractivity contribution in [3.05, 3.63) is 11.6 Å². The molecule has 0 aromatic carbocycles. The summed E-state index contributed by atoms with van der Waals surface area (Å²) in [5, 5.41) is 0. The van der Waals surface area contributed by atoms with Crippen LogP contribution in [0.25, 0.3) is 0 Å². The van der Waals surface area contributed by atoms with Crippen molar-refractivity contribution in [2.75, 3.05) is 0 Å². The summed E-state index contributed by atoms with van der Waals surface area (Å²) >= 11 is 0. The molecule has 0 aromatic rings. The van der Waals surface area contributed by atoms with Gasteiger partial charge in [-0.05, 0) is 91.3 Å². The second kappa shape index (κ2) is 8.86. The molecule has 2 heteroatoms. The highest BCUT2D eigenvalue weighted by Crippen LogP contribution is 2.67. The first kappa shape index (κ1) is 23.4. The van der Waals surface area contributed by atoms with Gasteiger partial charge in [0.25, 0.3) is 0 Å². The van der Waals surface area contributed by atoms with Crippen LogP contribution in [0.1, 0.15) is 112 Å². The molecular weight excluding hydrogens is 380 g/mol. The number of esters is 1. The summed E-state index contributed by atoms with van der Waals surface area (Å²) in [6, 6.07) is 0. The molecule has 3 fully saturated rings. The molecule has 0 heterocycles. The monoisotopic (exact) mass is 428 g/mol. The Labute approximate surface area is 192 Å². The lowest BCUT2D eigenvalue weighted by atomic mass is 9.47. The quantitative estimate of drug-likeness (QED) is 0.317. The Morgan fingerprint density at radius 1 is 1.06 bits per heavy atom. The van der Waals surface area contributed by atoms with Crippen LogP contribution >= 0.6 is 0 Å². The largest absolute Gasteiger partial charge is 0.462 e. The lowest BCUT2D eigenvalue weighted by molar-refractivity contribution is -0.148. The average Bonchev–Trinajstić information content (AvgIpc) is 3.05. The maximum atomic E-state index is 11.5. The van der Waals surface area contributed by atoms with E-state index in [4.69, 9.17) is 4.74 Å². The zero-order valence-electron chi connectivity index (χ0n) is 21.2. The van der Waals surface area contributed by atoms with Crippen molar-refractivity contribution < 1.29 is 9.53 Å². The fourth-order valence-corrected chi connectivity index (χ4v) is 8.99. The molecule has 4 aliphatic rings. The molecular formula is C29H48O2. The fraction of sp³-hybridized carbons (Fsp3) is 0.897. The Balaban J connectivity index is 1.47. The predicted molar refractivity (Wildman–Crippen MR) is 129 cm³/mol. The highest BCUT2D eigenvalue weighted by atomic mass is 16.5. The van der Waals surface area contributed by atoms with Crippen molar-refractivity contribution in [3.8, 4) is 0 Å². The van der Waals surface area contributed by atoms with Gasteiger partial charge in [-0.25, -0.2) is 0 Å². The zero-order valence-corrected chi connectivity index (χ0v) is 21.2. The molecule has 176 valence electrons. The molecule has 0 N–H and O–H groups in total. The Hall–Kier alpha value is -0.790. The first-order chi connectivity index (χ1) is 14.6. The summed E-state index contributed by atoms with van der Waals surface area (Å²) in [6.45, 7) is 14.1. The molecule has 0 spiro atoms. The number of ether oxygens (including phenoxy) is 1. The summed E-state index contributed by atoms with van der Waals surface area (Å²) in [5.41, 5.74) is 2.53. The highest BCUT2D eigenvalue weighted by molar-refractivity contribution is 5.66. The number of rotatable bonds is 6. The molecule has 0 saturated heterocycles. The van der Waals surface area contributed by atoms with Gasteiger partial charge in [0.2, 0.25) is 0 Å². The minimum Gasteiger partial charge on any atom is -0.462 e. The lowest BCUT2D eigenvalue weighted by Gasteiger charge is -2.58. The van der Waals surface area contributed by atoms with Crippen molar-refractivity contribution in [2.24, 2.45) is 46.3 Å². The van der Waals surface area contributed by atoms with Gasteiger partial charge in [0.1, 0.15) is 6.10 Å². The van der Waals surface area contributed by atoms with Crippen molar-refractivity contribution in [3.63, 3.8) is 0 Å². The van der Waals surface area contributed by atoms with Crippen molar-refractivity contribution in [2.45, 2.75) is 118 Å². The van der Waals surface area contributed by atoms with Gasteiger partial charge in [-0.1, -0.05) is 65.5 Å².